The predicted octanol–water partition coefficient (Wildman–Crippen LogP) is 4.65. The number of rotatable bonds is 3. The molecule has 0 spiro atoms. The highest BCUT2D eigenvalue weighted by Crippen LogP contribution is 2.39. The van der Waals surface area contributed by atoms with Crippen LogP contribution in [0.25, 0.3) is 0 Å². The van der Waals surface area contributed by atoms with Crippen molar-refractivity contribution in [2.24, 2.45) is 0 Å². The van der Waals surface area contributed by atoms with E-state index < -0.39 is 0 Å². The first-order chi connectivity index (χ1) is 10.1. The Kier molecular flexibility index (Phi) is 4.25. The molecular formula is C17H17BrClNO. The lowest BCUT2D eigenvalue weighted by Gasteiger charge is -2.22. The standard InChI is InChI=1S/C17H17BrClNO/c1-10-7-12(18)3-4-14(10)16(20-2)15-9-13(19)8-11-5-6-21-17(11)15/h3-4,7-9,16,20H,5-6H2,1-2H3. The second kappa shape index (κ2) is 5.99. The lowest BCUT2D eigenvalue weighted by Crippen LogP contribution is -2.19. The van der Waals surface area contributed by atoms with Crippen LogP contribution in [0.4, 0.5) is 0 Å². The molecule has 4 heteroatoms. The zero-order chi connectivity index (χ0) is 15.0. The van der Waals surface area contributed by atoms with Crippen molar-refractivity contribution < 1.29 is 4.74 Å². The molecular weight excluding hydrogens is 350 g/mol. The Bertz CT molecular complexity index is 687. The highest BCUT2D eigenvalue weighted by Gasteiger charge is 2.24. The number of ether oxygens (including phenoxy) is 1. The number of benzene rings is 2. The van der Waals surface area contributed by atoms with Crippen molar-refractivity contribution in [1.29, 1.82) is 0 Å². The van der Waals surface area contributed by atoms with E-state index in [4.69, 9.17) is 16.3 Å². The van der Waals surface area contributed by atoms with E-state index in [0.29, 0.717) is 0 Å². The van der Waals surface area contributed by atoms with Crippen LogP contribution in [0, 0.1) is 6.92 Å². The minimum Gasteiger partial charge on any atom is -0.493 e. The van der Waals surface area contributed by atoms with Gasteiger partial charge < -0.3 is 10.1 Å². The fraction of sp³-hybridized carbons (Fsp3) is 0.294. The minimum absolute atomic E-state index is 0.0728. The van der Waals surface area contributed by atoms with Crippen molar-refractivity contribution in [3.63, 3.8) is 0 Å². The first-order valence-electron chi connectivity index (χ1n) is 6.98. The number of hydrogen-bond acceptors (Lipinski definition) is 2. The summed E-state index contributed by atoms with van der Waals surface area (Å²) >= 11 is 9.81. The summed E-state index contributed by atoms with van der Waals surface area (Å²) in [6.07, 6.45) is 0.929. The van der Waals surface area contributed by atoms with Crippen molar-refractivity contribution in [2.75, 3.05) is 13.7 Å². The molecule has 2 nitrogen and oxygen atoms in total. The lowest BCUT2D eigenvalue weighted by molar-refractivity contribution is 0.351. The molecule has 1 heterocycles. The number of aryl methyl sites for hydroxylation is 1. The third-order valence-electron chi connectivity index (χ3n) is 3.92. The van der Waals surface area contributed by atoms with Crippen LogP contribution in [0.2, 0.25) is 5.02 Å². The molecule has 0 amide bonds. The van der Waals surface area contributed by atoms with Crippen LogP contribution >= 0.6 is 27.5 Å². The van der Waals surface area contributed by atoms with Crippen molar-refractivity contribution in [1.82, 2.24) is 5.32 Å². The SMILES string of the molecule is CNC(c1ccc(Br)cc1C)c1cc(Cl)cc2c1OCC2. The van der Waals surface area contributed by atoms with Gasteiger partial charge in [0.05, 0.1) is 12.6 Å². The summed E-state index contributed by atoms with van der Waals surface area (Å²) in [6.45, 7) is 2.86. The van der Waals surface area contributed by atoms with Crippen LogP contribution < -0.4 is 10.1 Å². The monoisotopic (exact) mass is 365 g/mol. The molecule has 0 saturated heterocycles. The van der Waals surface area contributed by atoms with Crippen molar-refractivity contribution in [3.8, 4) is 5.75 Å². The van der Waals surface area contributed by atoms with Gasteiger partial charge in [-0.1, -0.05) is 33.6 Å². The molecule has 0 aromatic heterocycles. The minimum atomic E-state index is 0.0728. The average molecular weight is 367 g/mol. The topological polar surface area (TPSA) is 21.3 Å². The van der Waals surface area contributed by atoms with Gasteiger partial charge in [0.1, 0.15) is 5.75 Å². The summed E-state index contributed by atoms with van der Waals surface area (Å²) in [5, 5.41) is 4.17. The Morgan fingerprint density at radius 3 is 2.76 bits per heavy atom. The highest BCUT2D eigenvalue weighted by molar-refractivity contribution is 9.10. The van der Waals surface area contributed by atoms with E-state index in [1.54, 1.807) is 0 Å². The van der Waals surface area contributed by atoms with Crippen LogP contribution in [-0.4, -0.2) is 13.7 Å². The van der Waals surface area contributed by atoms with E-state index in [1.807, 2.05) is 19.2 Å². The Hall–Kier alpha value is -1.03. The number of halogens is 2. The van der Waals surface area contributed by atoms with Gasteiger partial charge in [0, 0.05) is 21.5 Å². The normalized spacial score (nSPS) is 14.7. The van der Waals surface area contributed by atoms with E-state index in [0.717, 1.165) is 33.8 Å². The molecule has 0 fully saturated rings. The van der Waals surface area contributed by atoms with E-state index in [-0.39, 0.29) is 6.04 Å². The van der Waals surface area contributed by atoms with E-state index in [2.05, 4.69) is 46.4 Å². The van der Waals surface area contributed by atoms with Gasteiger partial charge in [0.2, 0.25) is 0 Å². The van der Waals surface area contributed by atoms with E-state index in [9.17, 15) is 0 Å². The summed E-state index contributed by atoms with van der Waals surface area (Å²) in [5.41, 5.74) is 4.78. The third-order valence-corrected chi connectivity index (χ3v) is 4.63. The Morgan fingerprint density at radius 1 is 1.24 bits per heavy atom. The summed E-state index contributed by atoms with van der Waals surface area (Å²) in [5.74, 6) is 0.987. The first kappa shape index (κ1) is 14.9. The molecule has 0 saturated carbocycles. The van der Waals surface area contributed by atoms with Crippen LogP contribution in [-0.2, 0) is 6.42 Å². The summed E-state index contributed by atoms with van der Waals surface area (Å²) in [4.78, 5) is 0. The summed E-state index contributed by atoms with van der Waals surface area (Å²) in [7, 11) is 1.97. The maximum Gasteiger partial charge on any atom is 0.127 e. The van der Waals surface area contributed by atoms with Crippen LogP contribution in [0.1, 0.15) is 28.3 Å². The fourth-order valence-corrected chi connectivity index (χ4v) is 3.68. The second-order valence-corrected chi connectivity index (χ2v) is 6.66. The maximum absolute atomic E-state index is 6.29. The molecule has 1 unspecified atom stereocenters. The molecule has 3 rings (SSSR count). The summed E-state index contributed by atoms with van der Waals surface area (Å²) in [6, 6.07) is 10.4. The number of nitrogens with one attached hydrogen (secondary N) is 1. The van der Waals surface area contributed by atoms with Gasteiger partial charge in [-0.2, -0.15) is 0 Å². The number of fused-ring (bicyclic) bond motifs is 1. The Labute approximate surface area is 138 Å². The Balaban J connectivity index is 2.13. The summed E-state index contributed by atoms with van der Waals surface area (Å²) < 4.78 is 6.93. The smallest absolute Gasteiger partial charge is 0.127 e. The largest absolute Gasteiger partial charge is 0.493 e. The molecule has 21 heavy (non-hydrogen) atoms. The van der Waals surface area contributed by atoms with Crippen molar-refractivity contribution in [3.05, 3.63) is 62.1 Å². The van der Waals surface area contributed by atoms with Gasteiger partial charge in [-0.3, -0.25) is 0 Å². The molecule has 0 radical (unpaired) electrons. The zero-order valence-corrected chi connectivity index (χ0v) is 14.4. The molecule has 1 aliphatic rings. The molecule has 0 bridgehead atoms. The average Bonchev–Trinajstić information content (AvgIpc) is 2.89. The van der Waals surface area contributed by atoms with Gasteiger partial charge >= 0.3 is 0 Å². The van der Waals surface area contributed by atoms with Crippen molar-refractivity contribution in [2.45, 2.75) is 19.4 Å². The van der Waals surface area contributed by atoms with Crippen LogP contribution in [0.5, 0.6) is 5.75 Å². The fourth-order valence-electron chi connectivity index (χ4n) is 2.95. The van der Waals surface area contributed by atoms with Gasteiger partial charge in [0.25, 0.3) is 0 Å². The van der Waals surface area contributed by atoms with Crippen molar-refractivity contribution >= 4 is 27.5 Å². The molecule has 1 aliphatic heterocycles. The first-order valence-corrected chi connectivity index (χ1v) is 8.15. The van der Waals surface area contributed by atoms with Crippen LogP contribution in [0.3, 0.4) is 0 Å². The molecule has 1 N–H and O–H groups in total. The van der Waals surface area contributed by atoms with Gasteiger partial charge in [-0.15, -0.1) is 0 Å². The maximum atomic E-state index is 6.29. The van der Waals surface area contributed by atoms with Gasteiger partial charge in [-0.25, -0.2) is 0 Å². The highest BCUT2D eigenvalue weighted by atomic mass is 79.9. The molecule has 2 aromatic carbocycles. The molecule has 1 atom stereocenters. The van der Waals surface area contributed by atoms with E-state index >= 15 is 0 Å². The lowest BCUT2D eigenvalue weighted by atomic mass is 9.93. The van der Waals surface area contributed by atoms with Gasteiger partial charge in [-0.05, 0) is 54.9 Å². The quantitative estimate of drug-likeness (QED) is 0.853. The molecule has 2 aromatic rings. The Morgan fingerprint density at radius 2 is 2.05 bits per heavy atom. The van der Waals surface area contributed by atoms with Crippen LogP contribution in [0.15, 0.2) is 34.8 Å². The third kappa shape index (κ3) is 2.83. The second-order valence-electron chi connectivity index (χ2n) is 5.30. The van der Waals surface area contributed by atoms with Gasteiger partial charge in [0.15, 0.2) is 0 Å². The molecule has 0 aliphatic carbocycles. The number of hydrogen-bond donors (Lipinski definition) is 1. The molecule has 110 valence electrons. The van der Waals surface area contributed by atoms with E-state index in [1.165, 1.54) is 16.7 Å². The predicted molar refractivity (Wildman–Crippen MR) is 90.4 cm³/mol. The zero-order valence-electron chi connectivity index (χ0n) is 12.0.